The van der Waals surface area contributed by atoms with E-state index in [4.69, 9.17) is 5.73 Å². The molecular formula is C20H24BrN5O. The fourth-order valence-electron chi connectivity index (χ4n) is 3.54. The SMILES string of the molecule is Nc1ncc(Br)cc1C(=O)c1cccc(N2CCCN(CC3CC3)CC2)n1. The summed E-state index contributed by atoms with van der Waals surface area (Å²) in [6, 6.07) is 7.31. The lowest BCUT2D eigenvalue weighted by Crippen LogP contribution is -2.32. The van der Waals surface area contributed by atoms with Gasteiger partial charge in [-0.2, -0.15) is 0 Å². The monoisotopic (exact) mass is 429 g/mol. The van der Waals surface area contributed by atoms with Crippen LogP contribution in [0, 0.1) is 5.92 Å². The Labute approximate surface area is 167 Å². The lowest BCUT2D eigenvalue weighted by molar-refractivity contribution is 0.103. The second-order valence-electron chi connectivity index (χ2n) is 7.38. The van der Waals surface area contributed by atoms with Gasteiger partial charge in [-0.05, 0) is 65.9 Å². The molecule has 1 aliphatic heterocycles. The Morgan fingerprint density at radius 2 is 2.07 bits per heavy atom. The molecule has 3 heterocycles. The minimum absolute atomic E-state index is 0.201. The van der Waals surface area contributed by atoms with Gasteiger partial charge in [-0.25, -0.2) is 9.97 Å². The van der Waals surface area contributed by atoms with Crippen molar-refractivity contribution in [2.24, 2.45) is 5.92 Å². The van der Waals surface area contributed by atoms with Crippen molar-refractivity contribution in [3.8, 4) is 0 Å². The van der Waals surface area contributed by atoms with E-state index in [0.29, 0.717) is 11.3 Å². The van der Waals surface area contributed by atoms with Crippen molar-refractivity contribution in [3.63, 3.8) is 0 Å². The number of nitrogen functional groups attached to an aromatic ring is 1. The molecular weight excluding hydrogens is 406 g/mol. The molecule has 0 bridgehead atoms. The molecule has 142 valence electrons. The van der Waals surface area contributed by atoms with Crippen LogP contribution in [0.3, 0.4) is 0 Å². The maximum absolute atomic E-state index is 12.9. The van der Waals surface area contributed by atoms with Crippen LogP contribution in [0.15, 0.2) is 34.9 Å². The average molecular weight is 430 g/mol. The van der Waals surface area contributed by atoms with Crippen molar-refractivity contribution >= 4 is 33.3 Å². The van der Waals surface area contributed by atoms with Gasteiger partial charge in [0.05, 0.1) is 5.56 Å². The molecule has 1 saturated carbocycles. The van der Waals surface area contributed by atoms with E-state index in [1.807, 2.05) is 12.1 Å². The van der Waals surface area contributed by atoms with Gasteiger partial charge in [-0.3, -0.25) is 4.79 Å². The highest BCUT2D eigenvalue weighted by atomic mass is 79.9. The number of pyridine rings is 2. The van der Waals surface area contributed by atoms with E-state index >= 15 is 0 Å². The van der Waals surface area contributed by atoms with Gasteiger partial charge >= 0.3 is 0 Å². The molecule has 1 aliphatic carbocycles. The van der Waals surface area contributed by atoms with Crippen molar-refractivity contribution < 1.29 is 4.79 Å². The van der Waals surface area contributed by atoms with Crippen LogP contribution < -0.4 is 10.6 Å². The first kappa shape index (κ1) is 18.4. The molecule has 2 aliphatic rings. The summed E-state index contributed by atoms with van der Waals surface area (Å²) >= 11 is 3.35. The van der Waals surface area contributed by atoms with Gasteiger partial charge in [-0.1, -0.05) is 6.07 Å². The fourth-order valence-corrected chi connectivity index (χ4v) is 3.88. The van der Waals surface area contributed by atoms with E-state index < -0.39 is 0 Å². The molecule has 0 unspecified atom stereocenters. The lowest BCUT2D eigenvalue weighted by atomic mass is 10.1. The van der Waals surface area contributed by atoms with Crippen molar-refractivity contribution in [1.29, 1.82) is 0 Å². The maximum atomic E-state index is 12.9. The van der Waals surface area contributed by atoms with E-state index in [9.17, 15) is 4.79 Å². The van der Waals surface area contributed by atoms with E-state index in [1.54, 1.807) is 18.3 Å². The van der Waals surface area contributed by atoms with Crippen LogP contribution in [0.4, 0.5) is 11.6 Å². The number of carbonyl (C=O) groups is 1. The Hall–Kier alpha value is -1.99. The minimum Gasteiger partial charge on any atom is -0.383 e. The largest absolute Gasteiger partial charge is 0.383 e. The van der Waals surface area contributed by atoms with Crippen LogP contribution in [0.2, 0.25) is 0 Å². The third-order valence-electron chi connectivity index (χ3n) is 5.22. The van der Waals surface area contributed by atoms with Crippen LogP contribution in [0.1, 0.15) is 35.3 Å². The Bertz CT molecular complexity index is 839. The van der Waals surface area contributed by atoms with Gasteiger partial charge in [0.2, 0.25) is 5.78 Å². The minimum atomic E-state index is -0.201. The molecule has 6 nitrogen and oxygen atoms in total. The number of nitrogens with two attached hydrogens (primary N) is 1. The molecule has 7 heteroatoms. The second-order valence-corrected chi connectivity index (χ2v) is 8.30. The summed E-state index contributed by atoms with van der Waals surface area (Å²) in [4.78, 5) is 26.4. The van der Waals surface area contributed by atoms with E-state index in [1.165, 1.54) is 19.4 Å². The summed E-state index contributed by atoms with van der Waals surface area (Å²) < 4.78 is 0.722. The standard InChI is InChI=1S/C20H24BrN5O/c21-15-11-16(20(22)23-12-15)19(27)17-3-1-4-18(24-17)26-8-2-7-25(9-10-26)13-14-5-6-14/h1,3-4,11-12,14H,2,5-10,13H2,(H2,22,23). The van der Waals surface area contributed by atoms with Gasteiger partial charge in [0.1, 0.15) is 17.3 Å². The van der Waals surface area contributed by atoms with Crippen molar-refractivity contribution in [2.75, 3.05) is 43.4 Å². The molecule has 0 amide bonds. The van der Waals surface area contributed by atoms with Crippen molar-refractivity contribution in [3.05, 3.63) is 46.2 Å². The lowest BCUT2D eigenvalue weighted by Gasteiger charge is -2.23. The summed E-state index contributed by atoms with van der Waals surface area (Å²) in [7, 11) is 0. The highest BCUT2D eigenvalue weighted by Crippen LogP contribution is 2.30. The van der Waals surface area contributed by atoms with Crippen LogP contribution in [-0.4, -0.2) is 53.4 Å². The molecule has 2 fully saturated rings. The zero-order chi connectivity index (χ0) is 18.8. The number of hydrogen-bond acceptors (Lipinski definition) is 6. The molecule has 0 spiro atoms. The average Bonchev–Trinajstić information content (AvgIpc) is 3.51. The smallest absolute Gasteiger partial charge is 0.215 e. The summed E-state index contributed by atoms with van der Waals surface area (Å²) in [5.74, 6) is 1.80. The topological polar surface area (TPSA) is 75.3 Å². The predicted molar refractivity (Wildman–Crippen MR) is 110 cm³/mol. The summed E-state index contributed by atoms with van der Waals surface area (Å²) in [6.45, 7) is 5.34. The van der Waals surface area contributed by atoms with E-state index in [-0.39, 0.29) is 11.6 Å². The number of rotatable bonds is 5. The zero-order valence-electron chi connectivity index (χ0n) is 15.3. The Balaban J connectivity index is 1.50. The Morgan fingerprint density at radius 3 is 2.89 bits per heavy atom. The number of ketones is 1. The Morgan fingerprint density at radius 1 is 1.22 bits per heavy atom. The van der Waals surface area contributed by atoms with E-state index in [0.717, 1.165) is 48.8 Å². The summed E-state index contributed by atoms with van der Waals surface area (Å²) in [6.07, 6.45) is 5.48. The molecule has 2 aromatic heterocycles. The molecule has 1 saturated heterocycles. The number of anilines is 2. The summed E-state index contributed by atoms with van der Waals surface area (Å²) in [5, 5.41) is 0. The van der Waals surface area contributed by atoms with Gasteiger partial charge in [0, 0.05) is 36.8 Å². The van der Waals surface area contributed by atoms with Crippen LogP contribution in [0.25, 0.3) is 0 Å². The third-order valence-corrected chi connectivity index (χ3v) is 5.66. The second kappa shape index (κ2) is 7.94. The maximum Gasteiger partial charge on any atom is 0.215 e. The van der Waals surface area contributed by atoms with Gasteiger partial charge < -0.3 is 15.5 Å². The normalized spacial score (nSPS) is 18.3. The van der Waals surface area contributed by atoms with Gasteiger partial charge in [0.25, 0.3) is 0 Å². The van der Waals surface area contributed by atoms with Gasteiger partial charge in [-0.15, -0.1) is 0 Å². The van der Waals surface area contributed by atoms with Crippen LogP contribution >= 0.6 is 15.9 Å². The quantitative estimate of drug-likeness (QED) is 0.736. The number of hydrogen-bond donors (Lipinski definition) is 1. The van der Waals surface area contributed by atoms with Crippen LogP contribution in [-0.2, 0) is 0 Å². The fraction of sp³-hybridized carbons (Fsp3) is 0.450. The predicted octanol–water partition coefficient (Wildman–Crippen LogP) is 2.97. The molecule has 2 N–H and O–H groups in total. The first-order valence-electron chi connectivity index (χ1n) is 9.50. The number of nitrogens with zero attached hydrogens (tertiary/aromatic N) is 4. The highest BCUT2D eigenvalue weighted by molar-refractivity contribution is 9.10. The third kappa shape index (κ3) is 4.47. The number of halogens is 1. The molecule has 0 radical (unpaired) electrons. The van der Waals surface area contributed by atoms with E-state index in [2.05, 4.69) is 35.7 Å². The number of aromatic nitrogens is 2. The zero-order valence-corrected chi connectivity index (χ0v) is 16.9. The van der Waals surface area contributed by atoms with Crippen molar-refractivity contribution in [1.82, 2.24) is 14.9 Å². The molecule has 4 rings (SSSR count). The van der Waals surface area contributed by atoms with Gasteiger partial charge in [0.15, 0.2) is 0 Å². The van der Waals surface area contributed by atoms with Crippen LogP contribution in [0.5, 0.6) is 0 Å². The summed E-state index contributed by atoms with van der Waals surface area (Å²) in [5.41, 5.74) is 6.67. The highest BCUT2D eigenvalue weighted by Gasteiger charge is 2.26. The molecule has 0 atom stereocenters. The van der Waals surface area contributed by atoms with Crippen molar-refractivity contribution in [2.45, 2.75) is 19.3 Å². The first-order chi connectivity index (χ1) is 13.1. The molecule has 2 aromatic rings. The number of carbonyl (C=O) groups excluding carboxylic acids is 1. The first-order valence-corrected chi connectivity index (χ1v) is 10.3. The Kier molecular flexibility index (Phi) is 5.41. The molecule has 0 aromatic carbocycles. The molecule has 27 heavy (non-hydrogen) atoms.